The lowest BCUT2D eigenvalue weighted by atomic mass is 10.0. The predicted octanol–water partition coefficient (Wildman–Crippen LogP) is 2.59. The van der Waals surface area contributed by atoms with Crippen molar-refractivity contribution in [3.8, 4) is 0 Å². The largest absolute Gasteiger partial charge is 0.293 e. The molecule has 1 aliphatic rings. The van der Waals surface area contributed by atoms with Gasteiger partial charge in [0.1, 0.15) is 5.82 Å². The molecule has 8 heteroatoms. The summed E-state index contributed by atoms with van der Waals surface area (Å²) in [6.45, 7) is 1.38. The van der Waals surface area contributed by atoms with Crippen LogP contribution >= 0.6 is 0 Å². The molecule has 7 nitrogen and oxygen atoms in total. The number of aryl methyl sites for hydroxylation is 1. The zero-order chi connectivity index (χ0) is 21.5. The molecule has 0 saturated carbocycles. The third-order valence-corrected chi connectivity index (χ3v) is 5.76. The summed E-state index contributed by atoms with van der Waals surface area (Å²) < 4.78 is 16.3. The molecule has 2 aromatic carbocycles. The van der Waals surface area contributed by atoms with Crippen LogP contribution in [0.4, 0.5) is 4.39 Å². The Balaban J connectivity index is 1.38. The predicted molar refractivity (Wildman–Crippen MR) is 113 cm³/mol. The Morgan fingerprint density at radius 1 is 1.16 bits per heavy atom. The fourth-order valence-corrected chi connectivity index (χ4v) is 4.15. The summed E-state index contributed by atoms with van der Waals surface area (Å²) in [6.07, 6.45) is 2.18. The molecule has 4 aromatic rings. The molecule has 0 bridgehead atoms. The third kappa shape index (κ3) is 3.55. The van der Waals surface area contributed by atoms with E-state index in [0.717, 1.165) is 22.2 Å². The average molecular weight is 417 g/mol. The van der Waals surface area contributed by atoms with Crippen LogP contribution in [0.2, 0.25) is 0 Å². The van der Waals surface area contributed by atoms with E-state index in [1.54, 1.807) is 24.3 Å². The highest BCUT2D eigenvalue weighted by Gasteiger charge is 2.25. The zero-order valence-electron chi connectivity index (χ0n) is 16.9. The second-order valence-corrected chi connectivity index (χ2v) is 7.84. The molecule has 0 saturated heterocycles. The van der Waals surface area contributed by atoms with Crippen LogP contribution in [0.25, 0.3) is 10.8 Å². The SMILES string of the molecule is Cn1ncc2c1CN(CC(=O)c1cc(Cc3n[nH]c(=O)c4ccccc34)ccc1F)C2. The molecule has 0 aliphatic carbocycles. The number of Topliss-reactive ketones (excluding diaryl/α,β-unsaturated/α-hetero) is 1. The van der Waals surface area contributed by atoms with E-state index in [2.05, 4.69) is 15.3 Å². The minimum Gasteiger partial charge on any atom is -0.293 e. The van der Waals surface area contributed by atoms with Gasteiger partial charge in [-0.3, -0.25) is 19.2 Å². The molecule has 2 aromatic heterocycles. The number of carbonyl (C=O) groups excluding carboxylic acids is 1. The van der Waals surface area contributed by atoms with Crippen molar-refractivity contribution < 1.29 is 9.18 Å². The first-order valence-electron chi connectivity index (χ1n) is 9.99. The van der Waals surface area contributed by atoms with Gasteiger partial charge in [0, 0.05) is 37.5 Å². The molecule has 31 heavy (non-hydrogen) atoms. The van der Waals surface area contributed by atoms with Crippen molar-refractivity contribution in [2.24, 2.45) is 7.05 Å². The molecule has 156 valence electrons. The van der Waals surface area contributed by atoms with Crippen molar-refractivity contribution in [1.29, 1.82) is 0 Å². The Morgan fingerprint density at radius 3 is 2.77 bits per heavy atom. The van der Waals surface area contributed by atoms with Gasteiger partial charge >= 0.3 is 0 Å². The van der Waals surface area contributed by atoms with Gasteiger partial charge < -0.3 is 0 Å². The standard InChI is InChI=1S/C23H20FN5O2/c1-28-21-12-29(11-15(21)10-25-28)13-22(30)18-8-14(6-7-19(18)24)9-20-16-4-2-3-5-17(16)23(31)27-26-20/h2-8,10H,9,11-13H2,1H3,(H,27,31). The molecule has 0 radical (unpaired) electrons. The van der Waals surface area contributed by atoms with E-state index in [9.17, 15) is 14.0 Å². The van der Waals surface area contributed by atoms with Crippen molar-refractivity contribution in [2.75, 3.05) is 6.54 Å². The third-order valence-electron chi connectivity index (χ3n) is 5.76. The van der Waals surface area contributed by atoms with Crippen LogP contribution in [0.5, 0.6) is 0 Å². The zero-order valence-corrected chi connectivity index (χ0v) is 16.9. The van der Waals surface area contributed by atoms with E-state index >= 15 is 0 Å². The van der Waals surface area contributed by atoms with Gasteiger partial charge in [-0.15, -0.1) is 0 Å². The monoisotopic (exact) mass is 417 g/mol. The van der Waals surface area contributed by atoms with Crippen LogP contribution in [0.1, 0.15) is 32.9 Å². The van der Waals surface area contributed by atoms with Crippen molar-refractivity contribution in [3.05, 3.63) is 92.9 Å². The Labute approximate surface area is 177 Å². The van der Waals surface area contributed by atoms with Crippen molar-refractivity contribution in [1.82, 2.24) is 24.9 Å². The van der Waals surface area contributed by atoms with Gasteiger partial charge in [-0.1, -0.05) is 24.3 Å². The van der Waals surface area contributed by atoms with Gasteiger partial charge in [-0.05, 0) is 23.8 Å². The smallest absolute Gasteiger partial charge is 0.272 e. The minimum atomic E-state index is -0.536. The molecule has 0 unspecified atom stereocenters. The summed E-state index contributed by atoms with van der Waals surface area (Å²) in [5.41, 5.74) is 3.42. The number of hydrogen-bond acceptors (Lipinski definition) is 5. The highest BCUT2D eigenvalue weighted by atomic mass is 19.1. The maximum atomic E-state index is 14.5. The number of hydrogen-bond donors (Lipinski definition) is 1. The van der Waals surface area contributed by atoms with Crippen LogP contribution in [-0.2, 0) is 26.6 Å². The maximum absolute atomic E-state index is 14.5. The van der Waals surface area contributed by atoms with Gasteiger partial charge in [0.05, 0.1) is 35.1 Å². The van der Waals surface area contributed by atoms with Crippen molar-refractivity contribution in [2.45, 2.75) is 19.5 Å². The van der Waals surface area contributed by atoms with Crippen LogP contribution in [-0.4, -0.2) is 37.2 Å². The van der Waals surface area contributed by atoms with Crippen LogP contribution in [0, 0.1) is 5.82 Å². The van der Waals surface area contributed by atoms with Crippen molar-refractivity contribution >= 4 is 16.6 Å². The van der Waals surface area contributed by atoms with Crippen LogP contribution in [0.3, 0.4) is 0 Å². The second-order valence-electron chi connectivity index (χ2n) is 7.84. The summed E-state index contributed by atoms with van der Waals surface area (Å²) in [5, 5.41) is 12.2. The molecular weight excluding hydrogens is 397 g/mol. The lowest BCUT2D eigenvalue weighted by Crippen LogP contribution is -2.26. The maximum Gasteiger partial charge on any atom is 0.272 e. The number of H-pyrrole nitrogens is 1. The molecular formula is C23H20FN5O2. The number of carbonyl (C=O) groups is 1. The quantitative estimate of drug-likeness (QED) is 0.505. The minimum absolute atomic E-state index is 0.0697. The summed E-state index contributed by atoms with van der Waals surface area (Å²) in [7, 11) is 1.88. The summed E-state index contributed by atoms with van der Waals surface area (Å²) in [4.78, 5) is 26.9. The lowest BCUT2D eigenvalue weighted by Gasteiger charge is -2.15. The number of rotatable bonds is 5. The molecule has 0 spiro atoms. The van der Waals surface area contributed by atoms with E-state index in [0.29, 0.717) is 30.6 Å². The van der Waals surface area contributed by atoms with E-state index < -0.39 is 5.82 Å². The van der Waals surface area contributed by atoms with Crippen LogP contribution in [0.15, 0.2) is 53.5 Å². The number of ketones is 1. The Hall–Kier alpha value is -3.65. The van der Waals surface area contributed by atoms with E-state index in [1.807, 2.05) is 35.0 Å². The van der Waals surface area contributed by atoms with Crippen molar-refractivity contribution in [3.63, 3.8) is 0 Å². The highest BCUT2D eigenvalue weighted by Crippen LogP contribution is 2.23. The first kappa shape index (κ1) is 19.3. The fourth-order valence-electron chi connectivity index (χ4n) is 4.15. The van der Waals surface area contributed by atoms with Crippen LogP contribution < -0.4 is 5.56 Å². The fraction of sp³-hybridized carbons (Fsp3) is 0.217. The Kier molecular flexibility index (Phi) is 4.71. The first-order valence-corrected chi connectivity index (χ1v) is 9.99. The molecule has 0 atom stereocenters. The number of nitrogens with one attached hydrogen (secondary N) is 1. The van der Waals surface area contributed by atoms with Gasteiger partial charge in [-0.2, -0.15) is 10.2 Å². The van der Waals surface area contributed by atoms with Gasteiger partial charge in [-0.25, -0.2) is 9.49 Å². The Morgan fingerprint density at radius 2 is 1.97 bits per heavy atom. The first-order chi connectivity index (χ1) is 15.0. The van der Waals surface area contributed by atoms with Gasteiger partial charge in [0.2, 0.25) is 0 Å². The lowest BCUT2D eigenvalue weighted by molar-refractivity contribution is 0.0924. The van der Waals surface area contributed by atoms with E-state index in [4.69, 9.17) is 0 Å². The molecule has 5 rings (SSSR count). The van der Waals surface area contributed by atoms with E-state index in [1.165, 1.54) is 6.07 Å². The average Bonchev–Trinajstić information content (AvgIpc) is 3.32. The van der Waals surface area contributed by atoms with E-state index in [-0.39, 0.29) is 23.5 Å². The van der Waals surface area contributed by atoms with Gasteiger partial charge in [0.25, 0.3) is 5.56 Å². The topological polar surface area (TPSA) is 83.9 Å². The molecule has 0 amide bonds. The molecule has 1 aliphatic heterocycles. The number of aromatic amines is 1. The number of nitrogens with zero attached hydrogens (tertiary/aromatic N) is 4. The van der Waals surface area contributed by atoms with Gasteiger partial charge in [0.15, 0.2) is 5.78 Å². The normalized spacial score (nSPS) is 13.6. The molecule has 0 fully saturated rings. The Bertz CT molecular complexity index is 1370. The number of benzene rings is 2. The summed E-state index contributed by atoms with van der Waals surface area (Å²) in [6, 6.07) is 11.8. The number of halogens is 1. The number of aromatic nitrogens is 4. The highest BCUT2D eigenvalue weighted by molar-refractivity contribution is 5.98. The summed E-state index contributed by atoms with van der Waals surface area (Å²) >= 11 is 0. The number of fused-ring (bicyclic) bond motifs is 2. The summed E-state index contributed by atoms with van der Waals surface area (Å²) in [5.74, 6) is -0.800. The molecule has 1 N–H and O–H groups in total. The second kappa shape index (κ2) is 7.55. The molecule has 3 heterocycles.